The molecule has 0 heterocycles. The molecule has 1 aliphatic carbocycles. The Labute approximate surface area is 95.4 Å². The Morgan fingerprint density at radius 2 is 1.67 bits per heavy atom. The first kappa shape index (κ1) is 10.8. The molecule has 82 valence electrons. The van der Waals surface area contributed by atoms with Gasteiger partial charge in [0.05, 0.1) is 6.10 Å². The van der Waals surface area contributed by atoms with Crippen molar-refractivity contribution in [3.8, 4) is 5.75 Å². The number of rotatable bonds is 2. The van der Waals surface area contributed by atoms with E-state index in [1.807, 2.05) is 24.3 Å². The standard InChI is InChI=1S/C12H16ClNO/c13-9-1-5-11(6-2-9)15-12-7-3-10(14)4-8-12/h1-2,5-6,10,12H,3-4,7-8,14H2. The van der Waals surface area contributed by atoms with Gasteiger partial charge in [0.15, 0.2) is 0 Å². The van der Waals surface area contributed by atoms with Crippen LogP contribution in [0.2, 0.25) is 5.02 Å². The Kier molecular flexibility index (Phi) is 3.49. The lowest BCUT2D eigenvalue weighted by molar-refractivity contribution is 0.147. The number of ether oxygens (including phenoxy) is 1. The van der Waals surface area contributed by atoms with Crippen molar-refractivity contribution in [2.45, 2.75) is 37.8 Å². The van der Waals surface area contributed by atoms with E-state index >= 15 is 0 Å². The van der Waals surface area contributed by atoms with Crippen LogP contribution in [0.5, 0.6) is 5.75 Å². The van der Waals surface area contributed by atoms with E-state index in [2.05, 4.69) is 0 Å². The Morgan fingerprint density at radius 3 is 2.27 bits per heavy atom. The van der Waals surface area contributed by atoms with E-state index in [1.54, 1.807) is 0 Å². The van der Waals surface area contributed by atoms with E-state index in [1.165, 1.54) is 0 Å². The van der Waals surface area contributed by atoms with E-state index in [0.717, 1.165) is 36.5 Å². The summed E-state index contributed by atoms with van der Waals surface area (Å²) in [7, 11) is 0. The van der Waals surface area contributed by atoms with Crippen LogP contribution in [0.25, 0.3) is 0 Å². The van der Waals surface area contributed by atoms with Crippen molar-refractivity contribution in [2.24, 2.45) is 5.73 Å². The van der Waals surface area contributed by atoms with E-state index in [9.17, 15) is 0 Å². The van der Waals surface area contributed by atoms with Crippen molar-refractivity contribution in [2.75, 3.05) is 0 Å². The number of nitrogens with two attached hydrogens (primary N) is 1. The Balaban J connectivity index is 1.89. The Hall–Kier alpha value is -0.730. The average Bonchev–Trinajstić information content (AvgIpc) is 2.25. The molecular weight excluding hydrogens is 210 g/mol. The summed E-state index contributed by atoms with van der Waals surface area (Å²) in [5, 5.41) is 0.744. The maximum Gasteiger partial charge on any atom is 0.119 e. The summed E-state index contributed by atoms with van der Waals surface area (Å²) in [5.41, 5.74) is 5.84. The van der Waals surface area contributed by atoms with Crippen molar-refractivity contribution < 1.29 is 4.74 Å². The van der Waals surface area contributed by atoms with Gasteiger partial charge in [-0.25, -0.2) is 0 Å². The van der Waals surface area contributed by atoms with Gasteiger partial charge in [-0.3, -0.25) is 0 Å². The first-order chi connectivity index (χ1) is 7.24. The predicted octanol–water partition coefficient (Wildman–Crippen LogP) is 2.99. The second-order valence-corrected chi connectivity index (χ2v) is 4.54. The van der Waals surface area contributed by atoms with Crippen LogP contribution in [-0.2, 0) is 0 Å². The fourth-order valence-corrected chi connectivity index (χ4v) is 2.04. The molecule has 2 rings (SSSR count). The second kappa shape index (κ2) is 4.86. The molecule has 0 spiro atoms. The number of halogens is 1. The van der Waals surface area contributed by atoms with Gasteiger partial charge in [-0.05, 0) is 49.9 Å². The molecule has 2 nitrogen and oxygen atoms in total. The molecule has 0 aliphatic heterocycles. The lowest BCUT2D eigenvalue weighted by Crippen LogP contribution is -2.31. The zero-order valence-electron chi connectivity index (χ0n) is 8.66. The minimum absolute atomic E-state index is 0.325. The average molecular weight is 226 g/mol. The van der Waals surface area contributed by atoms with Gasteiger partial charge in [-0.15, -0.1) is 0 Å². The maximum absolute atomic E-state index is 5.84. The lowest BCUT2D eigenvalue weighted by Gasteiger charge is -2.26. The zero-order valence-corrected chi connectivity index (χ0v) is 9.41. The van der Waals surface area contributed by atoms with Crippen LogP contribution in [0, 0.1) is 0 Å². The summed E-state index contributed by atoms with van der Waals surface area (Å²) < 4.78 is 5.84. The molecule has 0 atom stereocenters. The van der Waals surface area contributed by atoms with E-state index < -0.39 is 0 Å². The van der Waals surface area contributed by atoms with E-state index in [4.69, 9.17) is 22.1 Å². The molecule has 1 aliphatic rings. The van der Waals surface area contributed by atoms with Crippen LogP contribution in [0.1, 0.15) is 25.7 Å². The van der Waals surface area contributed by atoms with Crippen LogP contribution in [-0.4, -0.2) is 12.1 Å². The summed E-state index contributed by atoms with van der Waals surface area (Å²) in [6.45, 7) is 0. The lowest BCUT2D eigenvalue weighted by atomic mass is 9.94. The summed E-state index contributed by atoms with van der Waals surface area (Å²) in [4.78, 5) is 0. The highest BCUT2D eigenvalue weighted by Crippen LogP contribution is 2.23. The van der Waals surface area contributed by atoms with E-state index in [-0.39, 0.29) is 0 Å². The molecule has 2 N–H and O–H groups in total. The molecule has 1 aromatic carbocycles. The molecule has 1 fully saturated rings. The Bertz CT molecular complexity index is 304. The van der Waals surface area contributed by atoms with Gasteiger partial charge >= 0.3 is 0 Å². The van der Waals surface area contributed by atoms with Crippen LogP contribution in [0.15, 0.2) is 24.3 Å². The highest BCUT2D eigenvalue weighted by atomic mass is 35.5. The fraction of sp³-hybridized carbons (Fsp3) is 0.500. The molecule has 15 heavy (non-hydrogen) atoms. The molecular formula is C12H16ClNO. The van der Waals surface area contributed by atoms with Gasteiger partial charge in [0.25, 0.3) is 0 Å². The molecule has 0 unspecified atom stereocenters. The Morgan fingerprint density at radius 1 is 1.07 bits per heavy atom. The van der Waals surface area contributed by atoms with Gasteiger partial charge in [0, 0.05) is 11.1 Å². The molecule has 0 radical (unpaired) electrons. The molecule has 1 aromatic rings. The molecule has 0 saturated heterocycles. The smallest absolute Gasteiger partial charge is 0.119 e. The van der Waals surface area contributed by atoms with Gasteiger partial charge in [0.2, 0.25) is 0 Å². The number of hydrogen-bond donors (Lipinski definition) is 1. The predicted molar refractivity (Wildman–Crippen MR) is 62.3 cm³/mol. The highest BCUT2D eigenvalue weighted by Gasteiger charge is 2.19. The molecule has 3 heteroatoms. The molecule has 0 bridgehead atoms. The minimum Gasteiger partial charge on any atom is -0.490 e. The van der Waals surface area contributed by atoms with Crippen LogP contribution < -0.4 is 10.5 Å². The quantitative estimate of drug-likeness (QED) is 0.840. The second-order valence-electron chi connectivity index (χ2n) is 4.11. The summed E-state index contributed by atoms with van der Waals surface area (Å²) >= 11 is 5.80. The van der Waals surface area contributed by atoms with Gasteiger partial charge in [-0.1, -0.05) is 11.6 Å². The summed E-state index contributed by atoms with van der Waals surface area (Å²) in [6, 6.07) is 7.90. The fourth-order valence-electron chi connectivity index (χ4n) is 1.91. The van der Waals surface area contributed by atoms with Crippen molar-refractivity contribution in [3.63, 3.8) is 0 Å². The van der Waals surface area contributed by atoms with Crippen LogP contribution in [0.4, 0.5) is 0 Å². The van der Waals surface area contributed by atoms with Crippen LogP contribution in [0.3, 0.4) is 0 Å². The number of hydrogen-bond acceptors (Lipinski definition) is 2. The van der Waals surface area contributed by atoms with Crippen molar-refractivity contribution in [1.29, 1.82) is 0 Å². The SMILES string of the molecule is NC1CCC(Oc2ccc(Cl)cc2)CC1. The summed E-state index contributed by atoms with van der Waals surface area (Å²) in [6.07, 6.45) is 4.58. The van der Waals surface area contributed by atoms with Crippen molar-refractivity contribution in [1.82, 2.24) is 0 Å². The first-order valence-corrected chi connectivity index (χ1v) is 5.79. The first-order valence-electron chi connectivity index (χ1n) is 5.42. The van der Waals surface area contributed by atoms with Gasteiger partial charge in [-0.2, -0.15) is 0 Å². The topological polar surface area (TPSA) is 35.2 Å². The van der Waals surface area contributed by atoms with Crippen molar-refractivity contribution >= 4 is 11.6 Å². The monoisotopic (exact) mass is 225 g/mol. The third kappa shape index (κ3) is 3.11. The van der Waals surface area contributed by atoms with Gasteiger partial charge < -0.3 is 10.5 Å². The third-order valence-corrected chi connectivity index (χ3v) is 3.09. The van der Waals surface area contributed by atoms with Crippen LogP contribution >= 0.6 is 11.6 Å². The maximum atomic E-state index is 5.84. The minimum atomic E-state index is 0.325. The molecule has 0 aromatic heterocycles. The van der Waals surface area contributed by atoms with Gasteiger partial charge in [0.1, 0.15) is 5.75 Å². The molecule has 1 saturated carbocycles. The zero-order chi connectivity index (χ0) is 10.7. The molecule has 0 amide bonds. The number of benzene rings is 1. The van der Waals surface area contributed by atoms with E-state index in [0.29, 0.717) is 12.1 Å². The van der Waals surface area contributed by atoms with Crippen molar-refractivity contribution in [3.05, 3.63) is 29.3 Å². The highest BCUT2D eigenvalue weighted by molar-refractivity contribution is 6.30. The normalized spacial score (nSPS) is 26.3. The summed E-state index contributed by atoms with van der Waals surface area (Å²) in [5.74, 6) is 0.903. The largest absolute Gasteiger partial charge is 0.490 e. The third-order valence-electron chi connectivity index (χ3n) is 2.84.